The maximum absolute atomic E-state index is 12.0. The fraction of sp³-hybridized carbons (Fsp3) is 0.357. The van der Waals surface area contributed by atoms with Crippen LogP contribution < -0.4 is 5.56 Å². The second-order valence-corrected chi connectivity index (χ2v) is 5.73. The number of esters is 1. The van der Waals surface area contributed by atoms with Crippen LogP contribution in [0.3, 0.4) is 0 Å². The smallest absolute Gasteiger partial charge is 0.326 e. The number of fused-ring (bicyclic) bond motifs is 1. The quantitative estimate of drug-likeness (QED) is 0.798. The van der Waals surface area contributed by atoms with Crippen molar-refractivity contribution in [1.82, 2.24) is 9.55 Å². The van der Waals surface area contributed by atoms with Crippen molar-refractivity contribution >= 4 is 28.6 Å². The van der Waals surface area contributed by atoms with Crippen LogP contribution in [0.25, 0.3) is 11.0 Å². The molecule has 5 nitrogen and oxygen atoms in total. The number of carbonyl (C=O) groups excluding carboxylic acids is 1. The molecular weight excluding hydrogens is 280 g/mol. The molecule has 6 heteroatoms. The highest BCUT2D eigenvalue weighted by molar-refractivity contribution is 6.29. The highest BCUT2D eigenvalue weighted by Gasteiger charge is 2.18. The van der Waals surface area contributed by atoms with E-state index in [1.54, 1.807) is 45.0 Å². The van der Waals surface area contributed by atoms with Crippen molar-refractivity contribution in [1.29, 1.82) is 0 Å². The Morgan fingerprint density at radius 3 is 2.65 bits per heavy atom. The molecule has 0 N–H and O–H groups in total. The van der Waals surface area contributed by atoms with Crippen molar-refractivity contribution in [2.75, 3.05) is 0 Å². The van der Waals surface area contributed by atoms with Crippen LogP contribution in [0.5, 0.6) is 0 Å². The number of rotatable bonds is 2. The molecule has 0 aliphatic heterocycles. The van der Waals surface area contributed by atoms with Crippen LogP contribution in [-0.4, -0.2) is 21.1 Å². The van der Waals surface area contributed by atoms with Crippen molar-refractivity contribution in [3.05, 3.63) is 39.8 Å². The highest BCUT2D eigenvalue weighted by atomic mass is 35.5. The van der Waals surface area contributed by atoms with Gasteiger partial charge in [0.15, 0.2) is 5.15 Å². The van der Waals surface area contributed by atoms with E-state index in [9.17, 15) is 9.59 Å². The molecule has 1 aromatic heterocycles. The van der Waals surface area contributed by atoms with E-state index in [4.69, 9.17) is 16.3 Å². The summed E-state index contributed by atoms with van der Waals surface area (Å²) in [5.74, 6) is -0.494. The van der Waals surface area contributed by atoms with Gasteiger partial charge in [-0.05, 0) is 32.9 Å². The standard InChI is InChI=1S/C14H15ClN2O3/c1-14(2,3)20-11(18)8-17-10-7-5-4-6-9(10)16-12(15)13(17)19/h4-7H,8H2,1-3H3. The summed E-state index contributed by atoms with van der Waals surface area (Å²) in [6, 6.07) is 6.99. The molecule has 0 saturated heterocycles. The third kappa shape index (κ3) is 3.17. The molecule has 1 heterocycles. The van der Waals surface area contributed by atoms with Gasteiger partial charge < -0.3 is 4.74 Å². The first-order valence-electron chi connectivity index (χ1n) is 6.15. The Morgan fingerprint density at radius 1 is 1.35 bits per heavy atom. The first-order valence-corrected chi connectivity index (χ1v) is 6.53. The number of halogens is 1. The largest absolute Gasteiger partial charge is 0.459 e. The minimum Gasteiger partial charge on any atom is -0.459 e. The maximum Gasteiger partial charge on any atom is 0.326 e. The van der Waals surface area contributed by atoms with Crippen LogP contribution in [0.1, 0.15) is 20.8 Å². The highest BCUT2D eigenvalue weighted by Crippen LogP contribution is 2.13. The number of aromatic nitrogens is 2. The van der Waals surface area contributed by atoms with Gasteiger partial charge in [0.05, 0.1) is 11.0 Å². The van der Waals surface area contributed by atoms with E-state index >= 15 is 0 Å². The Balaban J connectivity index is 2.46. The van der Waals surface area contributed by atoms with Gasteiger partial charge in [0.25, 0.3) is 5.56 Å². The molecule has 106 valence electrons. The third-order valence-electron chi connectivity index (χ3n) is 2.52. The molecule has 0 spiro atoms. The lowest BCUT2D eigenvalue weighted by atomic mass is 10.2. The second-order valence-electron chi connectivity index (χ2n) is 5.37. The zero-order chi connectivity index (χ0) is 14.9. The number of carbonyl (C=O) groups is 1. The van der Waals surface area contributed by atoms with Gasteiger partial charge in [0.1, 0.15) is 12.1 Å². The number of ether oxygens (including phenoxy) is 1. The maximum atomic E-state index is 12.0. The van der Waals surface area contributed by atoms with Gasteiger partial charge in [-0.2, -0.15) is 0 Å². The van der Waals surface area contributed by atoms with Gasteiger partial charge in [-0.3, -0.25) is 14.2 Å². The Bertz CT molecular complexity index is 716. The predicted octanol–water partition coefficient (Wildman–Crippen LogP) is 2.39. The summed E-state index contributed by atoms with van der Waals surface area (Å²) in [5, 5.41) is -0.160. The Hall–Kier alpha value is -1.88. The van der Waals surface area contributed by atoms with Crippen molar-refractivity contribution < 1.29 is 9.53 Å². The molecule has 0 unspecified atom stereocenters. The van der Waals surface area contributed by atoms with E-state index in [1.807, 2.05) is 0 Å². The molecule has 0 aliphatic carbocycles. The number of para-hydroxylation sites is 2. The molecule has 2 rings (SSSR count). The molecule has 0 amide bonds. The summed E-state index contributed by atoms with van der Waals surface area (Å²) in [7, 11) is 0. The summed E-state index contributed by atoms with van der Waals surface area (Å²) < 4.78 is 6.50. The molecule has 0 bridgehead atoms. The van der Waals surface area contributed by atoms with E-state index in [2.05, 4.69) is 4.98 Å². The van der Waals surface area contributed by atoms with E-state index in [1.165, 1.54) is 4.57 Å². The number of benzene rings is 1. The first-order chi connectivity index (χ1) is 9.28. The average Bonchev–Trinajstić information content (AvgIpc) is 2.32. The monoisotopic (exact) mass is 294 g/mol. The Kier molecular flexibility index (Phi) is 3.81. The lowest BCUT2D eigenvalue weighted by Gasteiger charge is -2.20. The van der Waals surface area contributed by atoms with E-state index in [0.29, 0.717) is 11.0 Å². The summed E-state index contributed by atoms with van der Waals surface area (Å²) in [6.07, 6.45) is 0. The van der Waals surface area contributed by atoms with Crippen LogP contribution in [0.15, 0.2) is 29.1 Å². The van der Waals surface area contributed by atoms with E-state index < -0.39 is 17.1 Å². The molecule has 0 aliphatic rings. The predicted molar refractivity (Wildman–Crippen MR) is 76.9 cm³/mol. The number of nitrogens with zero attached hydrogens (tertiary/aromatic N) is 2. The van der Waals surface area contributed by atoms with Gasteiger partial charge in [-0.15, -0.1) is 0 Å². The molecule has 2 aromatic rings. The summed E-state index contributed by atoms with van der Waals surface area (Å²) >= 11 is 5.81. The Labute approximate surface area is 121 Å². The normalized spacial score (nSPS) is 11.6. The van der Waals surface area contributed by atoms with Crippen molar-refractivity contribution in [3.63, 3.8) is 0 Å². The number of hydrogen-bond donors (Lipinski definition) is 0. The molecule has 0 saturated carbocycles. The van der Waals surface area contributed by atoms with Crippen LogP contribution in [0.4, 0.5) is 0 Å². The van der Waals surface area contributed by atoms with Crippen LogP contribution in [-0.2, 0) is 16.1 Å². The minimum absolute atomic E-state index is 0.160. The molecule has 0 fully saturated rings. The van der Waals surface area contributed by atoms with Crippen LogP contribution in [0, 0.1) is 0 Å². The summed E-state index contributed by atoms with van der Waals surface area (Å²) in [4.78, 5) is 27.9. The van der Waals surface area contributed by atoms with Crippen molar-refractivity contribution in [2.24, 2.45) is 0 Å². The van der Waals surface area contributed by atoms with Gasteiger partial charge in [-0.1, -0.05) is 23.7 Å². The molecule has 1 aromatic carbocycles. The Morgan fingerprint density at radius 2 is 2.00 bits per heavy atom. The van der Waals surface area contributed by atoms with Crippen LogP contribution in [0.2, 0.25) is 5.15 Å². The third-order valence-corrected chi connectivity index (χ3v) is 2.77. The summed E-state index contributed by atoms with van der Waals surface area (Å²) in [6.45, 7) is 5.11. The average molecular weight is 295 g/mol. The lowest BCUT2D eigenvalue weighted by molar-refractivity contribution is -0.155. The van der Waals surface area contributed by atoms with E-state index in [-0.39, 0.29) is 11.7 Å². The van der Waals surface area contributed by atoms with Gasteiger partial charge in [0.2, 0.25) is 0 Å². The van der Waals surface area contributed by atoms with Gasteiger partial charge >= 0.3 is 5.97 Å². The zero-order valence-corrected chi connectivity index (χ0v) is 12.3. The van der Waals surface area contributed by atoms with E-state index in [0.717, 1.165) is 0 Å². The molecule has 20 heavy (non-hydrogen) atoms. The minimum atomic E-state index is -0.604. The SMILES string of the molecule is CC(C)(C)OC(=O)Cn1c(=O)c(Cl)nc2ccccc21. The van der Waals surface area contributed by atoms with Gasteiger partial charge in [-0.25, -0.2) is 4.98 Å². The van der Waals surface area contributed by atoms with Crippen molar-refractivity contribution in [2.45, 2.75) is 32.9 Å². The molecule has 0 radical (unpaired) electrons. The molecule has 0 atom stereocenters. The van der Waals surface area contributed by atoms with Gasteiger partial charge in [0, 0.05) is 0 Å². The zero-order valence-electron chi connectivity index (χ0n) is 11.5. The van der Waals surface area contributed by atoms with Crippen molar-refractivity contribution in [3.8, 4) is 0 Å². The summed E-state index contributed by atoms with van der Waals surface area (Å²) in [5.41, 5.74) is -0.00233. The topological polar surface area (TPSA) is 61.2 Å². The second kappa shape index (κ2) is 5.25. The van der Waals surface area contributed by atoms with Crippen LogP contribution >= 0.6 is 11.6 Å². The fourth-order valence-electron chi connectivity index (χ4n) is 1.82. The lowest BCUT2D eigenvalue weighted by Crippen LogP contribution is -2.31. The first kappa shape index (κ1) is 14.5. The fourth-order valence-corrected chi connectivity index (χ4v) is 2.01. The molecular formula is C14H15ClN2O3. The number of hydrogen-bond acceptors (Lipinski definition) is 4.